The molecule has 1 fully saturated rings. The van der Waals surface area contributed by atoms with Gasteiger partial charge in [-0.2, -0.15) is 0 Å². The molecule has 7 nitrogen and oxygen atoms in total. The number of halogens is 1. The summed E-state index contributed by atoms with van der Waals surface area (Å²) in [6, 6.07) is 11.9. The SMILES string of the molecule is Cc1cccc(OCc2nnc(SCCN3CCOCC3)n2Cc2ccco2)c1.Cl. The molecule has 0 N–H and O–H groups in total. The zero-order chi connectivity index (χ0) is 19.9. The second-order valence-electron chi connectivity index (χ2n) is 6.97. The maximum atomic E-state index is 5.96. The van der Waals surface area contributed by atoms with Crippen molar-refractivity contribution in [3.8, 4) is 5.75 Å². The number of hydrogen-bond donors (Lipinski definition) is 0. The minimum Gasteiger partial charge on any atom is -0.486 e. The Bertz CT molecular complexity index is 898. The van der Waals surface area contributed by atoms with Gasteiger partial charge in [0.2, 0.25) is 0 Å². The van der Waals surface area contributed by atoms with E-state index in [1.165, 1.54) is 5.56 Å². The molecule has 0 atom stereocenters. The van der Waals surface area contributed by atoms with Crippen molar-refractivity contribution in [1.82, 2.24) is 19.7 Å². The fraction of sp³-hybridized carbons (Fsp3) is 0.429. The number of rotatable bonds is 9. The van der Waals surface area contributed by atoms with Crippen molar-refractivity contribution in [1.29, 1.82) is 0 Å². The van der Waals surface area contributed by atoms with Gasteiger partial charge in [-0.15, -0.1) is 22.6 Å². The summed E-state index contributed by atoms with van der Waals surface area (Å²) in [4.78, 5) is 2.42. The average Bonchev–Trinajstić information content (AvgIpc) is 3.38. The highest BCUT2D eigenvalue weighted by atomic mass is 35.5. The second-order valence-corrected chi connectivity index (χ2v) is 8.03. The largest absolute Gasteiger partial charge is 0.486 e. The maximum absolute atomic E-state index is 5.96. The van der Waals surface area contributed by atoms with Crippen molar-refractivity contribution in [3.05, 3.63) is 59.8 Å². The van der Waals surface area contributed by atoms with Gasteiger partial charge >= 0.3 is 0 Å². The van der Waals surface area contributed by atoms with E-state index in [1.807, 2.05) is 30.3 Å². The quantitative estimate of drug-likeness (QED) is 0.461. The van der Waals surface area contributed by atoms with Gasteiger partial charge in [-0.1, -0.05) is 23.9 Å². The van der Waals surface area contributed by atoms with Crippen LogP contribution in [-0.4, -0.2) is 58.3 Å². The summed E-state index contributed by atoms with van der Waals surface area (Å²) in [6.45, 7) is 7.64. The molecule has 2 aromatic heterocycles. The highest BCUT2D eigenvalue weighted by Crippen LogP contribution is 2.21. The first-order chi connectivity index (χ1) is 14.3. The number of ether oxygens (including phenoxy) is 2. The molecule has 1 aliphatic heterocycles. The second kappa shape index (κ2) is 11.4. The molecule has 0 amide bonds. The van der Waals surface area contributed by atoms with E-state index in [0.29, 0.717) is 13.2 Å². The summed E-state index contributed by atoms with van der Waals surface area (Å²) < 4.78 is 19.0. The van der Waals surface area contributed by atoms with Crippen LogP contribution in [0.15, 0.2) is 52.2 Å². The van der Waals surface area contributed by atoms with Crippen LogP contribution in [0.4, 0.5) is 0 Å². The smallest absolute Gasteiger partial charge is 0.191 e. The van der Waals surface area contributed by atoms with E-state index in [-0.39, 0.29) is 12.4 Å². The maximum Gasteiger partial charge on any atom is 0.191 e. The van der Waals surface area contributed by atoms with Gasteiger partial charge in [-0.05, 0) is 36.8 Å². The molecule has 0 saturated carbocycles. The lowest BCUT2D eigenvalue weighted by Crippen LogP contribution is -2.37. The number of furan rings is 1. The van der Waals surface area contributed by atoms with Crippen LogP contribution in [0, 0.1) is 6.92 Å². The molecule has 0 radical (unpaired) electrons. The topological polar surface area (TPSA) is 65.6 Å². The fourth-order valence-electron chi connectivity index (χ4n) is 3.19. The Labute approximate surface area is 187 Å². The molecule has 1 aliphatic rings. The Hall–Kier alpha value is -2.00. The molecule has 30 heavy (non-hydrogen) atoms. The summed E-state index contributed by atoms with van der Waals surface area (Å²) in [5.41, 5.74) is 1.17. The highest BCUT2D eigenvalue weighted by molar-refractivity contribution is 7.99. The van der Waals surface area contributed by atoms with Crippen LogP contribution in [0.1, 0.15) is 17.1 Å². The van der Waals surface area contributed by atoms with Crippen LogP contribution in [0.5, 0.6) is 5.75 Å². The Balaban J connectivity index is 0.00000256. The lowest BCUT2D eigenvalue weighted by atomic mass is 10.2. The number of aryl methyl sites for hydroxylation is 1. The van der Waals surface area contributed by atoms with Crippen LogP contribution in [0.2, 0.25) is 0 Å². The predicted octanol–water partition coefficient (Wildman–Crippen LogP) is 3.65. The van der Waals surface area contributed by atoms with Gasteiger partial charge in [0.05, 0.1) is 26.0 Å². The first kappa shape index (κ1) is 22.7. The standard InChI is InChI=1S/C21H26N4O3S.ClH/c1-17-4-2-5-18(14-17)28-16-20-22-23-21(25(20)15-19-6-3-10-27-19)29-13-9-24-7-11-26-12-8-24;/h2-6,10,14H,7-9,11-13,15-16H2,1H3;1H. The van der Waals surface area contributed by atoms with Gasteiger partial charge in [0, 0.05) is 25.4 Å². The number of thioether (sulfide) groups is 1. The predicted molar refractivity (Wildman–Crippen MR) is 119 cm³/mol. The Morgan fingerprint density at radius 1 is 1.13 bits per heavy atom. The lowest BCUT2D eigenvalue weighted by molar-refractivity contribution is 0.0410. The summed E-state index contributed by atoms with van der Waals surface area (Å²) >= 11 is 1.72. The third-order valence-electron chi connectivity index (χ3n) is 4.79. The molecule has 1 saturated heterocycles. The van der Waals surface area contributed by atoms with E-state index in [2.05, 4.69) is 32.7 Å². The zero-order valence-electron chi connectivity index (χ0n) is 17.0. The first-order valence-electron chi connectivity index (χ1n) is 9.85. The molecule has 0 bridgehead atoms. The molecule has 0 spiro atoms. The van der Waals surface area contributed by atoms with Crippen LogP contribution in [-0.2, 0) is 17.9 Å². The number of nitrogens with zero attached hydrogens (tertiary/aromatic N) is 4. The summed E-state index contributed by atoms with van der Waals surface area (Å²) in [5, 5.41) is 9.70. The van der Waals surface area contributed by atoms with Crippen molar-refractivity contribution in [2.45, 2.75) is 25.2 Å². The fourth-order valence-corrected chi connectivity index (χ4v) is 4.15. The molecule has 3 aromatic rings. The van der Waals surface area contributed by atoms with Crippen molar-refractivity contribution in [2.24, 2.45) is 0 Å². The number of benzene rings is 1. The average molecular weight is 451 g/mol. The van der Waals surface area contributed by atoms with Gasteiger partial charge in [-0.25, -0.2) is 0 Å². The van der Waals surface area contributed by atoms with Gasteiger partial charge in [0.15, 0.2) is 11.0 Å². The highest BCUT2D eigenvalue weighted by Gasteiger charge is 2.16. The van der Waals surface area contributed by atoms with E-state index in [9.17, 15) is 0 Å². The molecule has 0 aliphatic carbocycles. The van der Waals surface area contributed by atoms with Gasteiger partial charge in [0.25, 0.3) is 0 Å². The molecular weight excluding hydrogens is 424 g/mol. The summed E-state index contributed by atoms with van der Waals surface area (Å²) in [7, 11) is 0. The molecule has 3 heterocycles. The van der Waals surface area contributed by atoms with Crippen LogP contribution in [0.3, 0.4) is 0 Å². The van der Waals surface area contributed by atoms with Crippen molar-refractivity contribution in [2.75, 3.05) is 38.6 Å². The molecule has 162 valence electrons. The summed E-state index contributed by atoms with van der Waals surface area (Å²) in [5.74, 6) is 3.45. The number of hydrogen-bond acceptors (Lipinski definition) is 7. The van der Waals surface area contributed by atoms with Gasteiger partial charge < -0.3 is 13.9 Å². The summed E-state index contributed by atoms with van der Waals surface area (Å²) in [6.07, 6.45) is 1.69. The Morgan fingerprint density at radius 3 is 2.77 bits per heavy atom. The van der Waals surface area contributed by atoms with E-state index >= 15 is 0 Å². The van der Waals surface area contributed by atoms with Crippen LogP contribution < -0.4 is 4.74 Å². The van der Waals surface area contributed by atoms with E-state index in [1.54, 1.807) is 18.0 Å². The van der Waals surface area contributed by atoms with E-state index in [0.717, 1.165) is 61.1 Å². The molecular formula is C21H27ClN4O3S. The van der Waals surface area contributed by atoms with Gasteiger partial charge in [-0.3, -0.25) is 9.47 Å². The number of morpholine rings is 1. The molecule has 9 heteroatoms. The monoisotopic (exact) mass is 450 g/mol. The van der Waals surface area contributed by atoms with Gasteiger partial charge in [0.1, 0.15) is 18.1 Å². The number of aromatic nitrogens is 3. The molecule has 1 aromatic carbocycles. The molecule has 0 unspecified atom stereocenters. The van der Waals surface area contributed by atoms with E-state index in [4.69, 9.17) is 13.9 Å². The third kappa shape index (κ3) is 6.25. The van der Waals surface area contributed by atoms with Crippen molar-refractivity contribution < 1.29 is 13.9 Å². The van der Waals surface area contributed by atoms with Crippen LogP contribution >= 0.6 is 24.2 Å². The Morgan fingerprint density at radius 2 is 2.00 bits per heavy atom. The Kier molecular flexibility index (Phi) is 8.62. The van der Waals surface area contributed by atoms with Crippen molar-refractivity contribution >= 4 is 24.2 Å². The third-order valence-corrected chi connectivity index (χ3v) is 5.73. The minimum absolute atomic E-state index is 0. The minimum atomic E-state index is 0. The molecule has 4 rings (SSSR count). The van der Waals surface area contributed by atoms with Crippen molar-refractivity contribution in [3.63, 3.8) is 0 Å². The normalized spacial score (nSPS) is 14.4. The van der Waals surface area contributed by atoms with E-state index < -0.39 is 0 Å². The first-order valence-corrected chi connectivity index (χ1v) is 10.8. The lowest BCUT2D eigenvalue weighted by Gasteiger charge is -2.26. The van der Waals surface area contributed by atoms with Crippen LogP contribution in [0.25, 0.3) is 0 Å². The zero-order valence-corrected chi connectivity index (χ0v) is 18.7.